The van der Waals surface area contributed by atoms with Crippen molar-refractivity contribution in [3.8, 4) is 0 Å². The highest BCUT2D eigenvalue weighted by atomic mass is 16.2. The zero-order valence-corrected chi connectivity index (χ0v) is 12.9. The van der Waals surface area contributed by atoms with E-state index in [-0.39, 0.29) is 6.03 Å². The van der Waals surface area contributed by atoms with Crippen LogP contribution in [0.15, 0.2) is 54.7 Å². The van der Waals surface area contributed by atoms with E-state index in [1.54, 1.807) is 0 Å². The summed E-state index contributed by atoms with van der Waals surface area (Å²) in [5.74, 6) is 0.597. The van der Waals surface area contributed by atoms with Crippen molar-refractivity contribution in [1.29, 1.82) is 0 Å². The maximum absolute atomic E-state index is 12.4. The maximum atomic E-state index is 12.4. The zero-order valence-electron chi connectivity index (χ0n) is 12.9. The fourth-order valence-corrected chi connectivity index (χ4v) is 3.52. The average molecular weight is 308 g/mol. The van der Waals surface area contributed by atoms with Crippen molar-refractivity contribution < 1.29 is 4.79 Å². The van der Waals surface area contributed by atoms with E-state index in [1.165, 1.54) is 0 Å². The molecule has 2 aliphatic rings. The molecule has 2 amide bonds. The number of carbonyl (C=O) groups is 1. The summed E-state index contributed by atoms with van der Waals surface area (Å²) in [7, 11) is 0. The summed E-state index contributed by atoms with van der Waals surface area (Å²) in [6.45, 7) is 3.57. The summed E-state index contributed by atoms with van der Waals surface area (Å²) in [4.78, 5) is 21.1. The lowest BCUT2D eigenvalue weighted by Crippen LogP contribution is -2.54. The van der Waals surface area contributed by atoms with Crippen molar-refractivity contribution in [2.45, 2.75) is 12.6 Å². The molecular weight excluding hydrogens is 288 g/mol. The Morgan fingerprint density at radius 2 is 1.91 bits per heavy atom. The van der Waals surface area contributed by atoms with Gasteiger partial charge >= 0.3 is 6.03 Å². The highest BCUT2D eigenvalue weighted by molar-refractivity contribution is 5.89. The molecule has 4 rings (SSSR count). The van der Waals surface area contributed by atoms with Gasteiger partial charge in [0.15, 0.2) is 0 Å². The molecule has 0 aliphatic carbocycles. The standard InChI is InChI=1S/C18H20N4O/c23-18(20-15-6-2-1-3-7-15)22-11-14-10-21(17(14)13-22)12-16-8-4-5-9-19-16/h1-9,14,17H,10-13H2,(H,20,23). The summed E-state index contributed by atoms with van der Waals surface area (Å²) in [5, 5.41) is 2.97. The van der Waals surface area contributed by atoms with Gasteiger partial charge in [-0.2, -0.15) is 0 Å². The van der Waals surface area contributed by atoms with Crippen molar-refractivity contribution in [3.05, 3.63) is 60.4 Å². The molecule has 2 saturated heterocycles. The minimum Gasteiger partial charge on any atom is -0.323 e. The number of fused-ring (bicyclic) bond motifs is 1. The fraction of sp³-hybridized carbons (Fsp3) is 0.333. The number of nitrogens with zero attached hydrogens (tertiary/aromatic N) is 3. The highest BCUT2D eigenvalue weighted by Crippen LogP contribution is 2.33. The summed E-state index contributed by atoms with van der Waals surface area (Å²) in [5.41, 5.74) is 1.94. The van der Waals surface area contributed by atoms with E-state index < -0.39 is 0 Å². The van der Waals surface area contributed by atoms with Crippen LogP contribution in [0.4, 0.5) is 10.5 Å². The third kappa shape index (κ3) is 2.92. The van der Waals surface area contributed by atoms with Gasteiger partial charge in [0.05, 0.1) is 5.69 Å². The Balaban J connectivity index is 1.34. The lowest BCUT2D eigenvalue weighted by Gasteiger charge is -2.43. The summed E-state index contributed by atoms with van der Waals surface area (Å²) < 4.78 is 0. The van der Waals surface area contributed by atoms with Gasteiger partial charge in [-0.3, -0.25) is 9.88 Å². The van der Waals surface area contributed by atoms with E-state index in [4.69, 9.17) is 0 Å². The number of para-hydroxylation sites is 1. The Morgan fingerprint density at radius 3 is 2.70 bits per heavy atom. The monoisotopic (exact) mass is 308 g/mol. The highest BCUT2D eigenvalue weighted by Gasteiger charge is 2.46. The quantitative estimate of drug-likeness (QED) is 0.947. The molecule has 1 aromatic heterocycles. The van der Waals surface area contributed by atoms with Gasteiger partial charge in [-0.15, -0.1) is 0 Å². The lowest BCUT2D eigenvalue weighted by atomic mass is 9.92. The number of amides is 2. The second-order valence-electron chi connectivity index (χ2n) is 6.28. The number of rotatable bonds is 3. The van der Waals surface area contributed by atoms with Crippen LogP contribution in [0.2, 0.25) is 0 Å². The largest absolute Gasteiger partial charge is 0.323 e. The molecule has 0 saturated carbocycles. The number of anilines is 1. The van der Waals surface area contributed by atoms with Gasteiger partial charge in [0.25, 0.3) is 0 Å². The average Bonchev–Trinajstić information content (AvgIpc) is 2.92. The predicted molar refractivity (Wildman–Crippen MR) is 89.0 cm³/mol. The molecule has 2 unspecified atom stereocenters. The smallest absolute Gasteiger partial charge is 0.321 e. The molecule has 0 bridgehead atoms. The molecule has 0 radical (unpaired) electrons. The molecule has 1 aromatic carbocycles. The summed E-state index contributed by atoms with van der Waals surface area (Å²) in [6, 6.07) is 16.1. The Bertz CT molecular complexity index is 676. The van der Waals surface area contributed by atoms with Crippen molar-refractivity contribution in [2.24, 2.45) is 5.92 Å². The molecule has 2 atom stereocenters. The molecule has 5 nitrogen and oxygen atoms in total. The first-order chi connectivity index (χ1) is 11.3. The number of hydrogen-bond donors (Lipinski definition) is 1. The third-order valence-electron chi connectivity index (χ3n) is 4.75. The van der Waals surface area contributed by atoms with Crippen LogP contribution in [-0.2, 0) is 6.54 Å². The Morgan fingerprint density at radius 1 is 1.09 bits per heavy atom. The third-order valence-corrected chi connectivity index (χ3v) is 4.75. The van der Waals surface area contributed by atoms with Crippen LogP contribution in [0.1, 0.15) is 5.69 Å². The van der Waals surface area contributed by atoms with Crippen LogP contribution in [-0.4, -0.2) is 46.5 Å². The minimum atomic E-state index is 0.00314. The Hall–Kier alpha value is -2.40. The maximum Gasteiger partial charge on any atom is 0.321 e. The van der Waals surface area contributed by atoms with Gasteiger partial charge in [-0.1, -0.05) is 24.3 Å². The molecular formula is C18H20N4O. The molecule has 23 heavy (non-hydrogen) atoms. The normalized spacial score (nSPS) is 23.2. The van der Waals surface area contributed by atoms with Crippen molar-refractivity contribution in [1.82, 2.24) is 14.8 Å². The van der Waals surface area contributed by atoms with Gasteiger partial charge in [-0.05, 0) is 24.3 Å². The van der Waals surface area contributed by atoms with Crippen LogP contribution in [0, 0.1) is 5.92 Å². The summed E-state index contributed by atoms with van der Waals surface area (Å²) in [6.07, 6.45) is 1.83. The topological polar surface area (TPSA) is 48.5 Å². The van der Waals surface area contributed by atoms with Gasteiger partial charge in [-0.25, -0.2) is 4.79 Å². The second kappa shape index (κ2) is 6.01. The SMILES string of the molecule is O=C(Nc1ccccc1)N1CC2CN(Cc3ccccn3)C2C1. The minimum absolute atomic E-state index is 0.00314. The van der Waals surface area contributed by atoms with Crippen LogP contribution in [0.25, 0.3) is 0 Å². The van der Waals surface area contributed by atoms with E-state index in [1.807, 2.05) is 53.6 Å². The molecule has 5 heteroatoms. The molecule has 0 spiro atoms. The van der Waals surface area contributed by atoms with Crippen LogP contribution in [0.5, 0.6) is 0 Å². The predicted octanol–water partition coefficient (Wildman–Crippen LogP) is 2.43. The molecule has 3 heterocycles. The number of nitrogens with one attached hydrogen (secondary N) is 1. The van der Waals surface area contributed by atoms with Crippen LogP contribution in [0.3, 0.4) is 0 Å². The zero-order chi connectivity index (χ0) is 15.6. The van der Waals surface area contributed by atoms with E-state index in [9.17, 15) is 4.79 Å². The summed E-state index contributed by atoms with van der Waals surface area (Å²) >= 11 is 0. The number of hydrogen-bond acceptors (Lipinski definition) is 3. The first-order valence-electron chi connectivity index (χ1n) is 8.04. The van der Waals surface area contributed by atoms with E-state index in [2.05, 4.69) is 21.3 Å². The van der Waals surface area contributed by atoms with E-state index in [0.29, 0.717) is 12.0 Å². The Labute approximate surface area is 135 Å². The molecule has 1 N–H and O–H groups in total. The second-order valence-corrected chi connectivity index (χ2v) is 6.28. The first-order valence-corrected chi connectivity index (χ1v) is 8.04. The molecule has 118 valence electrons. The molecule has 2 fully saturated rings. The van der Waals surface area contributed by atoms with Crippen molar-refractivity contribution in [3.63, 3.8) is 0 Å². The first kappa shape index (κ1) is 14.2. The fourth-order valence-electron chi connectivity index (χ4n) is 3.52. The van der Waals surface area contributed by atoms with Crippen molar-refractivity contribution in [2.75, 3.05) is 25.0 Å². The van der Waals surface area contributed by atoms with Crippen molar-refractivity contribution >= 4 is 11.7 Å². The van der Waals surface area contributed by atoms with Gasteiger partial charge < -0.3 is 10.2 Å². The number of aromatic nitrogens is 1. The van der Waals surface area contributed by atoms with Gasteiger partial charge in [0, 0.05) is 50.0 Å². The van der Waals surface area contributed by atoms with Gasteiger partial charge in [0.2, 0.25) is 0 Å². The molecule has 2 aromatic rings. The van der Waals surface area contributed by atoms with Gasteiger partial charge in [0.1, 0.15) is 0 Å². The Kier molecular flexibility index (Phi) is 3.71. The van der Waals surface area contributed by atoms with Crippen LogP contribution >= 0.6 is 0 Å². The number of pyridine rings is 1. The van der Waals surface area contributed by atoms with Crippen LogP contribution < -0.4 is 5.32 Å². The number of likely N-dealkylation sites (tertiary alicyclic amines) is 2. The number of carbonyl (C=O) groups excluding carboxylic acids is 1. The van der Waals surface area contributed by atoms with E-state index >= 15 is 0 Å². The lowest BCUT2D eigenvalue weighted by molar-refractivity contribution is 0.0423. The molecule has 2 aliphatic heterocycles. The van der Waals surface area contributed by atoms with E-state index in [0.717, 1.165) is 37.6 Å². The number of benzene rings is 1. The number of urea groups is 1.